The summed E-state index contributed by atoms with van der Waals surface area (Å²) in [6.45, 7) is 3.03. The number of anilines is 1. The zero-order chi connectivity index (χ0) is 15.6. The monoisotopic (exact) mass is 303 g/mol. The molecule has 0 bridgehead atoms. The summed E-state index contributed by atoms with van der Waals surface area (Å²) in [5, 5.41) is 13.2. The lowest BCUT2D eigenvalue weighted by atomic mass is 10.1. The van der Waals surface area contributed by atoms with Crippen molar-refractivity contribution < 1.29 is 0 Å². The molecule has 5 nitrogen and oxygen atoms in total. The highest BCUT2D eigenvalue weighted by Gasteiger charge is 2.15. The quantitative estimate of drug-likeness (QED) is 0.623. The number of nitrogens with zero attached hydrogens (tertiary/aromatic N) is 4. The molecule has 0 aliphatic carbocycles. The third kappa shape index (κ3) is 2.30. The molecule has 0 saturated carbocycles. The van der Waals surface area contributed by atoms with Gasteiger partial charge in [0.25, 0.3) is 0 Å². The predicted molar refractivity (Wildman–Crippen MR) is 92.5 cm³/mol. The minimum Gasteiger partial charge on any atom is -0.369 e. The number of rotatable bonds is 4. The Balaban J connectivity index is 2.00. The van der Waals surface area contributed by atoms with Gasteiger partial charge in [-0.15, -0.1) is 5.10 Å². The molecule has 1 N–H and O–H groups in total. The number of hydrogen-bond acceptors (Lipinski definition) is 4. The van der Waals surface area contributed by atoms with Gasteiger partial charge >= 0.3 is 0 Å². The van der Waals surface area contributed by atoms with Crippen LogP contribution in [0.4, 0.5) is 5.82 Å². The lowest BCUT2D eigenvalue weighted by Crippen LogP contribution is -2.05. The molecule has 23 heavy (non-hydrogen) atoms. The summed E-state index contributed by atoms with van der Waals surface area (Å²) in [4.78, 5) is 4.80. The van der Waals surface area contributed by atoms with Gasteiger partial charge in [0, 0.05) is 17.5 Å². The van der Waals surface area contributed by atoms with E-state index in [-0.39, 0.29) is 0 Å². The Kier molecular flexibility index (Phi) is 3.38. The summed E-state index contributed by atoms with van der Waals surface area (Å²) in [5.74, 6) is 0.884. The van der Waals surface area contributed by atoms with Gasteiger partial charge in [-0.3, -0.25) is 0 Å². The summed E-state index contributed by atoms with van der Waals surface area (Å²) in [7, 11) is 0. The molecule has 0 saturated heterocycles. The van der Waals surface area contributed by atoms with Crippen LogP contribution < -0.4 is 5.32 Å². The molecular formula is C18H17N5. The fourth-order valence-electron chi connectivity index (χ4n) is 2.73. The maximum absolute atomic E-state index is 4.80. The number of hydrogen-bond donors (Lipinski definition) is 1. The van der Waals surface area contributed by atoms with Crippen molar-refractivity contribution in [2.75, 3.05) is 11.9 Å². The summed E-state index contributed by atoms with van der Waals surface area (Å²) in [6.07, 6.45) is 1.05. The summed E-state index contributed by atoms with van der Waals surface area (Å²) in [5.41, 5.74) is 3.60. The molecule has 2 heterocycles. The molecule has 0 aliphatic heterocycles. The molecule has 0 atom stereocenters. The molecular weight excluding hydrogens is 286 g/mol. The lowest BCUT2D eigenvalue weighted by Gasteiger charge is -2.09. The molecule has 5 heteroatoms. The van der Waals surface area contributed by atoms with Crippen molar-refractivity contribution in [3.05, 3.63) is 54.6 Å². The third-order valence-electron chi connectivity index (χ3n) is 3.84. The molecule has 0 unspecified atom stereocenters. The van der Waals surface area contributed by atoms with Gasteiger partial charge in [-0.05, 0) is 18.6 Å². The van der Waals surface area contributed by atoms with Gasteiger partial charge in [0.05, 0.1) is 5.52 Å². The van der Waals surface area contributed by atoms with Crippen LogP contribution in [0.3, 0.4) is 0 Å². The van der Waals surface area contributed by atoms with E-state index in [1.807, 2.05) is 53.0 Å². The molecule has 0 amide bonds. The number of fused-ring (bicyclic) bond motifs is 3. The number of benzene rings is 2. The molecule has 2 aromatic heterocycles. The first-order valence-electron chi connectivity index (χ1n) is 7.82. The van der Waals surface area contributed by atoms with E-state index in [2.05, 4.69) is 28.6 Å². The maximum atomic E-state index is 4.80. The SMILES string of the molecule is CCCNc1nc2c(-c3ccccc3)nnn2c2ccccc12. The molecule has 4 rings (SSSR count). The van der Waals surface area contributed by atoms with E-state index in [9.17, 15) is 0 Å². The first kappa shape index (κ1) is 13.7. The van der Waals surface area contributed by atoms with Gasteiger partial charge in [-0.2, -0.15) is 4.52 Å². The second kappa shape index (κ2) is 5.68. The molecule has 114 valence electrons. The van der Waals surface area contributed by atoms with Crippen molar-refractivity contribution in [2.45, 2.75) is 13.3 Å². The lowest BCUT2D eigenvalue weighted by molar-refractivity contribution is 0.875. The van der Waals surface area contributed by atoms with E-state index in [1.54, 1.807) is 0 Å². The maximum Gasteiger partial charge on any atom is 0.186 e. The minimum absolute atomic E-state index is 0.772. The van der Waals surface area contributed by atoms with Crippen LogP contribution in [0.2, 0.25) is 0 Å². The van der Waals surface area contributed by atoms with Gasteiger partial charge < -0.3 is 5.32 Å². The van der Waals surface area contributed by atoms with Crippen LogP contribution in [-0.2, 0) is 0 Å². The van der Waals surface area contributed by atoms with E-state index in [4.69, 9.17) is 4.98 Å². The standard InChI is InChI=1S/C18H17N5/c1-2-12-19-17-14-10-6-7-11-15(14)23-18(20-17)16(21-22-23)13-8-4-3-5-9-13/h3-11H,2,12H2,1H3,(H,19,20). The highest BCUT2D eigenvalue weighted by molar-refractivity contribution is 5.93. The number of nitrogens with one attached hydrogen (secondary N) is 1. The van der Waals surface area contributed by atoms with Crippen molar-refractivity contribution in [3.63, 3.8) is 0 Å². The first-order valence-corrected chi connectivity index (χ1v) is 7.82. The molecule has 0 aliphatic rings. The second-order valence-electron chi connectivity index (χ2n) is 5.44. The van der Waals surface area contributed by atoms with E-state index in [0.29, 0.717) is 0 Å². The van der Waals surface area contributed by atoms with E-state index in [1.165, 1.54) is 0 Å². The van der Waals surface area contributed by atoms with E-state index < -0.39 is 0 Å². The summed E-state index contributed by atoms with van der Waals surface area (Å²) in [6, 6.07) is 18.2. The molecule has 0 radical (unpaired) electrons. The van der Waals surface area contributed by atoms with Crippen LogP contribution in [0, 0.1) is 0 Å². The highest BCUT2D eigenvalue weighted by atomic mass is 15.4. The molecule has 4 aromatic rings. The average Bonchev–Trinajstić information content (AvgIpc) is 3.04. The summed E-state index contributed by atoms with van der Waals surface area (Å²) >= 11 is 0. The highest BCUT2D eigenvalue weighted by Crippen LogP contribution is 2.27. The first-order chi connectivity index (χ1) is 11.4. The van der Waals surface area contributed by atoms with Gasteiger partial charge in [-0.1, -0.05) is 54.6 Å². The normalized spacial score (nSPS) is 11.2. The number of aromatic nitrogens is 4. The fraction of sp³-hybridized carbons (Fsp3) is 0.167. The topological polar surface area (TPSA) is 55.1 Å². The van der Waals surface area contributed by atoms with Gasteiger partial charge in [0.1, 0.15) is 11.5 Å². The zero-order valence-corrected chi connectivity index (χ0v) is 12.9. The van der Waals surface area contributed by atoms with Crippen LogP contribution in [0.1, 0.15) is 13.3 Å². The van der Waals surface area contributed by atoms with Crippen molar-refractivity contribution >= 4 is 22.4 Å². The van der Waals surface area contributed by atoms with Gasteiger partial charge in [-0.25, -0.2) is 4.98 Å². The van der Waals surface area contributed by atoms with Crippen LogP contribution >= 0.6 is 0 Å². The van der Waals surface area contributed by atoms with Crippen molar-refractivity contribution in [1.29, 1.82) is 0 Å². The predicted octanol–water partition coefficient (Wildman–Crippen LogP) is 3.77. The largest absolute Gasteiger partial charge is 0.369 e. The molecule has 0 fully saturated rings. The Morgan fingerprint density at radius 2 is 1.78 bits per heavy atom. The zero-order valence-electron chi connectivity index (χ0n) is 12.9. The smallest absolute Gasteiger partial charge is 0.186 e. The van der Waals surface area contributed by atoms with E-state index in [0.717, 1.165) is 46.6 Å². The Bertz CT molecular complexity index is 959. The molecule has 0 spiro atoms. The number of para-hydroxylation sites is 1. The van der Waals surface area contributed by atoms with Gasteiger partial charge in [0.2, 0.25) is 0 Å². The molecule has 2 aromatic carbocycles. The minimum atomic E-state index is 0.772. The summed E-state index contributed by atoms with van der Waals surface area (Å²) < 4.78 is 1.81. The van der Waals surface area contributed by atoms with Gasteiger partial charge in [0.15, 0.2) is 5.65 Å². The van der Waals surface area contributed by atoms with E-state index >= 15 is 0 Å². The Morgan fingerprint density at radius 3 is 2.61 bits per heavy atom. The van der Waals surface area contributed by atoms with Crippen molar-refractivity contribution in [1.82, 2.24) is 19.8 Å². The average molecular weight is 303 g/mol. The van der Waals surface area contributed by atoms with Crippen LogP contribution in [-0.4, -0.2) is 26.4 Å². The second-order valence-corrected chi connectivity index (χ2v) is 5.44. The van der Waals surface area contributed by atoms with Crippen LogP contribution in [0.25, 0.3) is 27.8 Å². The Morgan fingerprint density at radius 1 is 1.00 bits per heavy atom. The van der Waals surface area contributed by atoms with Crippen molar-refractivity contribution in [2.24, 2.45) is 0 Å². The Hall–Kier alpha value is -2.95. The Labute approximate surface area is 134 Å². The fourth-order valence-corrected chi connectivity index (χ4v) is 2.73. The van der Waals surface area contributed by atoms with Crippen LogP contribution in [0.15, 0.2) is 54.6 Å². The third-order valence-corrected chi connectivity index (χ3v) is 3.84. The van der Waals surface area contributed by atoms with Crippen molar-refractivity contribution in [3.8, 4) is 11.3 Å². The van der Waals surface area contributed by atoms with Crippen LogP contribution in [0.5, 0.6) is 0 Å².